The Balaban J connectivity index is 2.19. The fraction of sp³-hybridized carbons (Fsp3) is 0.105. The molecule has 0 fully saturated rings. The van der Waals surface area contributed by atoms with Gasteiger partial charge in [-0.1, -0.05) is 136 Å². The maximum absolute atomic E-state index is 6.18. The lowest BCUT2D eigenvalue weighted by molar-refractivity contribution is 0.800. The molecule has 0 N–H and O–H groups in total. The molecule has 3 aromatic rings. The van der Waals surface area contributed by atoms with Crippen molar-refractivity contribution >= 4 is 81.8 Å². The zero-order chi connectivity index (χ0) is 20.4. The predicted molar refractivity (Wildman–Crippen MR) is 119 cm³/mol. The Hall–Kier alpha value is -1.07. The zero-order valence-corrected chi connectivity index (χ0v) is 18.5. The molecule has 3 nitrogen and oxygen atoms in total. The van der Waals surface area contributed by atoms with Gasteiger partial charge in [0.1, 0.15) is 11.4 Å². The molecule has 0 aliphatic rings. The van der Waals surface area contributed by atoms with Gasteiger partial charge in [-0.15, -0.1) is 10.2 Å². The van der Waals surface area contributed by atoms with Crippen LogP contribution in [0, 0.1) is 0 Å². The van der Waals surface area contributed by atoms with Crippen LogP contribution in [0.2, 0.25) is 0 Å². The number of halogens is 6. The topological polar surface area (TPSA) is 38.7 Å². The van der Waals surface area contributed by atoms with Crippen LogP contribution in [-0.4, -0.2) is 15.4 Å². The highest BCUT2D eigenvalue weighted by molar-refractivity contribution is 6.69. The summed E-state index contributed by atoms with van der Waals surface area (Å²) in [4.78, 5) is 0. The number of hydrogen-bond donors (Lipinski definition) is 0. The van der Waals surface area contributed by atoms with Gasteiger partial charge in [0.25, 0.3) is 0 Å². The van der Waals surface area contributed by atoms with Crippen molar-refractivity contribution in [1.82, 2.24) is 15.4 Å². The lowest BCUT2D eigenvalue weighted by Gasteiger charge is -2.22. The average molecular weight is 494 g/mol. The molecule has 144 valence electrons. The normalized spacial score (nSPS) is 12.5. The highest BCUT2D eigenvalue weighted by Crippen LogP contribution is 2.50. The van der Waals surface area contributed by atoms with Gasteiger partial charge in [0.15, 0.2) is 0 Å². The molecule has 0 aliphatic heterocycles. The van der Waals surface area contributed by atoms with E-state index in [9.17, 15) is 0 Å². The number of hydrogen-bond acceptors (Lipinski definition) is 3. The van der Waals surface area contributed by atoms with Crippen molar-refractivity contribution in [2.45, 2.75) is 7.59 Å². The number of benzene rings is 2. The van der Waals surface area contributed by atoms with Crippen LogP contribution in [0.1, 0.15) is 22.4 Å². The fourth-order valence-corrected chi connectivity index (χ4v) is 3.52. The zero-order valence-electron chi connectivity index (χ0n) is 14.0. The fourth-order valence-electron chi connectivity index (χ4n) is 2.59. The molecule has 0 saturated carbocycles. The second-order valence-corrected chi connectivity index (χ2v) is 10.3. The van der Waals surface area contributed by atoms with Gasteiger partial charge >= 0.3 is 0 Å². The summed E-state index contributed by atoms with van der Waals surface area (Å²) in [6, 6.07) is 17.2. The molecule has 1 aromatic heterocycles. The van der Waals surface area contributed by atoms with Gasteiger partial charge in [0.2, 0.25) is 7.59 Å². The molecule has 0 unspecified atom stereocenters. The van der Waals surface area contributed by atoms with E-state index in [0.717, 1.165) is 11.1 Å². The minimum atomic E-state index is -1.95. The molecule has 0 radical (unpaired) electrons. The van der Waals surface area contributed by atoms with Gasteiger partial charge in [-0.3, -0.25) is 0 Å². The van der Waals surface area contributed by atoms with Gasteiger partial charge in [0, 0.05) is 5.56 Å². The van der Waals surface area contributed by atoms with Crippen LogP contribution >= 0.6 is 69.6 Å². The van der Waals surface area contributed by atoms with Crippen molar-refractivity contribution < 1.29 is 0 Å². The molecule has 0 atom stereocenters. The third-order valence-corrected chi connectivity index (χ3v) is 4.89. The smallest absolute Gasteiger partial charge is 0.130 e. The molecule has 9 heteroatoms. The van der Waals surface area contributed by atoms with Crippen LogP contribution in [0.3, 0.4) is 0 Å². The van der Waals surface area contributed by atoms with Crippen LogP contribution in [0.5, 0.6) is 0 Å². The van der Waals surface area contributed by atoms with E-state index >= 15 is 0 Å². The van der Waals surface area contributed by atoms with E-state index in [2.05, 4.69) is 15.4 Å². The van der Waals surface area contributed by atoms with E-state index in [1.54, 1.807) is 0 Å². The molecule has 2 aromatic carbocycles. The lowest BCUT2D eigenvalue weighted by atomic mass is 9.99. The number of alkyl halides is 6. The first-order valence-electron chi connectivity index (χ1n) is 7.88. The van der Waals surface area contributed by atoms with Crippen molar-refractivity contribution in [3.8, 4) is 11.3 Å². The number of rotatable bonds is 3. The summed E-state index contributed by atoms with van der Waals surface area (Å²) in [6.07, 6.45) is 3.88. The summed E-state index contributed by atoms with van der Waals surface area (Å²) < 4.78 is -3.88. The van der Waals surface area contributed by atoms with E-state index in [0.29, 0.717) is 5.56 Å². The van der Waals surface area contributed by atoms with Crippen molar-refractivity contribution in [2.75, 3.05) is 0 Å². The van der Waals surface area contributed by atoms with Crippen LogP contribution in [-0.2, 0) is 7.59 Å². The predicted octanol–water partition coefficient (Wildman–Crippen LogP) is 7.36. The first-order chi connectivity index (χ1) is 13.2. The van der Waals surface area contributed by atoms with Crippen molar-refractivity contribution in [1.29, 1.82) is 0 Å². The highest BCUT2D eigenvalue weighted by atomic mass is 35.6. The highest BCUT2D eigenvalue weighted by Gasteiger charge is 2.40. The van der Waals surface area contributed by atoms with Gasteiger partial charge < -0.3 is 0 Å². The van der Waals surface area contributed by atoms with Crippen LogP contribution in [0.15, 0.2) is 54.6 Å². The van der Waals surface area contributed by atoms with Gasteiger partial charge in [-0.2, -0.15) is 0 Å². The molecule has 1 heterocycles. The van der Waals surface area contributed by atoms with Gasteiger partial charge in [-0.05, 0) is 16.3 Å². The van der Waals surface area contributed by atoms with Crippen LogP contribution in [0.25, 0.3) is 23.4 Å². The SMILES string of the molecule is ClC(Cl)(Cl)c1nnnc(-c2ccccc2C=Cc2ccccc2)c1C(Cl)(Cl)Cl. The van der Waals surface area contributed by atoms with Gasteiger partial charge in [-0.25, -0.2) is 0 Å². The summed E-state index contributed by atoms with van der Waals surface area (Å²) in [5.74, 6) is 0. The molecule has 0 saturated heterocycles. The number of nitrogens with zero attached hydrogens (tertiary/aromatic N) is 3. The second kappa shape index (κ2) is 8.74. The van der Waals surface area contributed by atoms with E-state index < -0.39 is 7.59 Å². The van der Waals surface area contributed by atoms with Crippen LogP contribution in [0.4, 0.5) is 0 Å². The monoisotopic (exact) mass is 491 g/mol. The Labute approximate surface area is 192 Å². The lowest BCUT2D eigenvalue weighted by Crippen LogP contribution is -2.18. The molecule has 0 spiro atoms. The summed E-state index contributed by atoms with van der Waals surface area (Å²) in [5.41, 5.74) is 2.74. The Morgan fingerprint density at radius 3 is 1.96 bits per heavy atom. The Kier molecular flexibility index (Phi) is 6.76. The van der Waals surface area contributed by atoms with Crippen molar-refractivity contribution in [2.24, 2.45) is 0 Å². The molecule has 28 heavy (non-hydrogen) atoms. The molecular weight excluding hydrogens is 483 g/mol. The summed E-state index contributed by atoms with van der Waals surface area (Å²) in [5, 5.41) is 11.6. The maximum atomic E-state index is 6.18. The Morgan fingerprint density at radius 2 is 1.32 bits per heavy atom. The molecule has 0 bridgehead atoms. The van der Waals surface area contributed by atoms with E-state index in [4.69, 9.17) is 69.6 Å². The summed E-state index contributed by atoms with van der Waals surface area (Å²) in [6.45, 7) is 0. The standard InChI is InChI=1S/C19H11Cl6N3/c20-18(21,22)15-16(26-28-27-17(15)19(23,24)25)14-9-5-4-8-13(14)11-10-12-6-2-1-3-7-12/h1-11H. The maximum Gasteiger partial charge on any atom is 0.234 e. The van der Waals surface area contributed by atoms with E-state index in [1.807, 2.05) is 66.7 Å². The largest absolute Gasteiger partial charge is 0.234 e. The minimum Gasteiger partial charge on any atom is -0.130 e. The third kappa shape index (κ3) is 5.10. The summed E-state index contributed by atoms with van der Waals surface area (Å²) in [7, 11) is 0. The van der Waals surface area contributed by atoms with Gasteiger partial charge in [0.05, 0.1) is 5.56 Å². The third-order valence-electron chi connectivity index (χ3n) is 3.79. The quantitative estimate of drug-likeness (QED) is 0.282. The molecule has 0 aliphatic carbocycles. The average Bonchev–Trinajstić information content (AvgIpc) is 2.65. The second-order valence-electron chi connectivity index (χ2n) is 5.69. The Bertz CT molecular complexity index is 995. The molecule has 3 rings (SSSR count). The summed E-state index contributed by atoms with van der Waals surface area (Å²) >= 11 is 36.6. The molecular formula is C19H11Cl6N3. The first-order valence-corrected chi connectivity index (χ1v) is 10.1. The van der Waals surface area contributed by atoms with Crippen molar-refractivity contribution in [3.63, 3.8) is 0 Å². The molecule has 0 amide bonds. The minimum absolute atomic E-state index is 0.0630. The van der Waals surface area contributed by atoms with Crippen molar-refractivity contribution in [3.05, 3.63) is 77.0 Å². The number of aromatic nitrogens is 3. The Morgan fingerprint density at radius 1 is 0.679 bits per heavy atom. The first kappa shape index (κ1) is 21.6. The van der Waals surface area contributed by atoms with E-state index in [-0.39, 0.29) is 17.0 Å². The van der Waals surface area contributed by atoms with Crippen LogP contribution < -0.4 is 0 Å². The van der Waals surface area contributed by atoms with E-state index in [1.165, 1.54) is 0 Å².